The Morgan fingerprint density at radius 1 is 0.897 bits per heavy atom. The normalized spacial score (nSPS) is 22.8. The van der Waals surface area contributed by atoms with E-state index in [1.165, 1.54) is 12.1 Å². The Morgan fingerprint density at radius 3 is 2.05 bits per heavy atom. The smallest absolute Gasteiger partial charge is 0.270 e. The number of rotatable bonds is 7. The number of amidine groups is 1. The maximum Gasteiger partial charge on any atom is 0.270 e. The molecule has 0 atom stereocenters. The Kier molecular flexibility index (Phi) is 9.00. The van der Waals surface area contributed by atoms with Crippen LogP contribution in [0.3, 0.4) is 0 Å². The molecule has 1 saturated carbocycles. The number of nitro groups is 1. The summed E-state index contributed by atoms with van der Waals surface area (Å²) in [6.45, 7) is 3.62. The third-order valence-electron chi connectivity index (χ3n) is 8.13. The van der Waals surface area contributed by atoms with Crippen molar-refractivity contribution in [1.29, 1.82) is 5.41 Å². The Bertz CT molecular complexity index is 1110. The molecule has 13 nitrogen and oxygen atoms in total. The lowest BCUT2D eigenvalue weighted by atomic mass is 9.81. The first-order valence-electron chi connectivity index (χ1n) is 13.6. The van der Waals surface area contributed by atoms with Gasteiger partial charge >= 0.3 is 0 Å². The molecular weight excluding hydrogens is 502 g/mol. The highest BCUT2D eigenvalue weighted by molar-refractivity contribution is 5.95. The molecule has 0 aromatic heterocycles. The lowest BCUT2D eigenvalue weighted by Crippen LogP contribution is -2.52. The van der Waals surface area contributed by atoms with E-state index in [4.69, 9.17) is 22.6 Å². The number of nitro benzene ring substituents is 1. The first-order chi connectivity index (χ1) is 18.6. The first kappa shape index (κ1) is 28.3. The van der Waals surface area contributed by atoms with Gasteiger partial charge in [0.1, 0.15) is 0 Å². The molecule has 4 rings (SSSR count). The number of hydrogen-bond donors (Lipinski definition) is 4. The number of amides is 2. The maximum absolute atomic E-state index is 13.4. The van der Waals surface area contributed by atoms with Crippen LogP contribution in [-0.4, -0.2) is 88.5 Å². The summed E-state index contributed by atoms with van der Waals surface area (Å²) in [5.41, 5.74) is 17.5. The van der Waals surface area contributed by atoms with E-state index in [0.29, 0.717) is 38.3 Å². The molecule has 0 bridgehead atoms. The summed E-state index contributed by atoms with van der Waals surface area (Å²) in [6, 6.07) is 4.68. The van der Waals surface area contributed by atoms with Crippen LogP contribution in [0.2, 0.25) is 0 Å². The zero-order chi connectivity index (χ0) is 28.1. The number of guanidine groups is 1. The van der Waals surface area contributed by atoms with Gasteiger partial charge in [-0.2, -0.15) is 0 Å². The van der Waals surface area contributed by atoms with Crippen molar-refractivity contribution in [3.63, 3.8) is 0 Å². The van der Waals surface area contributed by atoms with E-state index in [9.17, 15) is 19.7 Å². The van der Waals surface area contributed by atoms with Gasteiger partial charge in [-0.3, -0.25) is 35.0 Å². The molecule has 0 radical (unpaired) electrons. The maximum atomic E-state index is 13.4. The second kappa shape index (κ2) is 12.4. The average molecular weight is 542 g/mol. The molecule has 2 heterocycles. The summed E-state index contributed by atoms with van der Waals surface area (Å²) in [4.78, 5) is 47.4. The van der Waals surface area contributed by atoms with Crippen LogP contribution in [0.1, 0.15) is 54.4 Å². The molecule has 13 heteroatoms. The lowest BCUT2D eigenvalue weighted by Gasteiger charge is -2.38. The van der Waals surface area contributed by atoms with Gasteiger partial charge in [0.2, 0.25) is 5.91 Å². The quantitative estimate of drug-likeness (QED) is 0.168. The predicted octanol–water partition coefficient (Wildman–Crippen LogP) is 0.859. The van der Waals surface area contributed by atoms with Crippen molar-refractivity contribution >= 4 is 29.3 Å². The van der Waals surface area contributed by atoms with Gasteiger partial charge in [-0.1, -0.05) is 0 Å². The number of benzene rings is 1. The minimum Gasteiger partial charge on any atom is -0.387 e. The van der Waals surface area contributed by atoms with Crippen LogP contribution in [0.4, 0.5) is 5.69 Å². The van der Waals surface area contributed by atoms with Crippen LogP contribution in [0.15, 0.2) is 23.2 Å². The van der Waals surface area contributed by atoms with Crippen LogP contribution in [0.25, 0.3) is 0 Å². The van der Waals surface area contributed by atoms with E-state index < -0.39 is 4.92 Å². The number of hydrogen-bond acceptors (Lipinski definition) is 7. The SMILES string of the molecule is N=C(N)C1CCC(C(=O)N2CCN(C(=O)c3cc(CN4CCC(N=C(N)N)CC4)cc([N+](=O)[O-])c3)CC2)CC1. The lowest BCUT2D eigenvalue weighted by molar-refractivity contribution is -0.385. The number of aliphatic imine (C=N–C) groups is 1. The van der Waals surface area contributed by atoms with Gasteiger partial charge in [-0.15, -0.1) is 0 Å². The van der Waals surface area contributed by atoms with Crippen molar-refractivity contribution in [3.8, 4) is 0 Å². The summed E-state index contributed by atoms with van der Waals surface area (Å²) in [5, 5.41) is 19.3. The van der Waals surface area contributed by atoms with E-state index in [-0.39, 0.29) is 52.7 Å². The molecule has 1 aromatic rings. The van der Waals surface area contributed by atoms with Crippen molar-refractivity contribution < 1.29 is 14.5 Å². The molecular formula is C26H39N9O4. The van der Waals surface area contributed by atoms with E-state index in [1.54, 1.807) is 11.0 Å². The number of nitrogens with zero attached hydrogens (tertiary/aromatic N) is 5. The summed E-state index contributed by atoms with van der Waals surface area (Å²) in [7, 11) is 0. The molecule has 0 spiro atoms. The third-order valence-corrected chi connectivity index (χ3v) is 8.13. The molecule has 1 aliphatic carbocycles. The molecule has 3 aliphatic rings. The summed E-state index contributed by atoms with van der Waals surface area (Å²) in [6.07, 6.45) is 4.55. The van der Waals surface area contributed by atoms with Gasteiger partial charge in [-0.25, -0.2) is 0 Å². The average Bonchev–Trinajstić information content (AvgIpc) is 2.93. The minimum absolute atomic E-state index is 0.0632. The van der Waals surface area contributed by atoms with Gasteiger partial charge < -0.3 is 27.0 Å². The zero-order valence-electron chi connectivity index (χ0n) is 22.3. The van der Waals surface area contributed by atoms with Gasteiger partial charge in [0.15, 0.2) is 5.96 Å². The predicted molar refractivity (Wildman–Crippen MR) is 147 cm³/mol. The number of nitrogens with one attached hydrogen (secondary N) is 1. The number of carbonyl (C=O) groups excluding carboxylic acids is 2. The standard InChI is InChI=1S/C26H39N9O4/c27-23(28)18-1-3-19(4-2-18)24(36)33-9-11-34(12-10-33)25(37)20-13-17(14-22(15-20)35(38)39)16-32-7-5-21(6-8-32)31-26(29)30/h13-15,18-19,21H,1-12,16H2,(H3,27,28)(H4,29,30,31). The van der Waals surface area contributed by atoms with E-state index in [2.05, 4.69) is 9.89 Å². The van der Waals surface area contributed by atoms with Crippen LogP contribution < -0.4 is 17.2 Å². The van der Waals surface area contributed by atoms with Crippen LogP contribution in [0, 0.1) is 27.4 Å². The first-order valence-corrected chi connectivity index (χ1v) is 13.6. The van der Waals surface area contributed by atoms with Crippen LogP contribution in [0.5, 0.6) is 0 Å². The Labute approximate surface area is 228 Å². The van der Waals surface area contributed by atoms with Gasteiger partial charge in [0, 0.05) is 75.3 Å². The number of carbonyl (C=O) groups is 2. The van der Waals surface area contributed by atoms with Gasteiger partial charge in [0.05, 0.1) is 16.8 Å². The van der Waals surface area contributed by atoms with Crippen molar-refractivity contribution in [2.75, 3.05) is 39.3 Å². The largest absolute Gasteiger partial charge is 0.387 e. The minimum atomic E-state index is -0.470. The molecule has 2 amide bonds. The molecule has 0 unspecified atom stereocenters. The topological polar surface area (TPSA) is 201 Å². The highest BCUT2D eigenvalue weighted by Gasteiger charge is 2.33. The van der Waals surface area contributed by atoms with Gasteiger partial charge in [0.25, 0.3) is 11.6 Å². The summed E-state index contributed by atoms with van der Waals surface area (Å²) < 4.78 is 0. The molecule has 1 aromatic carbocycles. The van der Waals surface area contributed by atoms with E-state index in [0.717, 1.165) is 51.6 Å². The van der Waals surface area contributed by atoms with Crippen molar-refractivity contribution in [3.05, 3.63) is 39.4 Å². The third kappa shape index (κ3) is 7.22. The van der Waals surface area contributed by atoms with E-state index >= 15 is 0 Å². The number of piperidine rings is 1. The fourth-order valence-corrected chi connectivity index (χ4v) is 5.89. The molecule has 2 aliphatic heterocycles. The van der Waals surface area contributed by atoms with Crippen molar-refractivity contribution in [2.45, 2.75) is 51.1 Å². The molecule has 7 N–H and O–H groups in total. The summed E-state index contributed by atoms with van der Waals surface area (Å²) >= 11 is 0. The number of nitrogens with two attached hydrogens (primary N) is 3. The second-order valence-corrected chi connectivity index (χ2v) is 10.8. The van der Waals surface area contributed by atoms with Crippen molar-refractivity contribution in [2.24, 2.45) is 34.0 Å². The van der Waals surface area contributed by atoms with E-state index in [1.807, 2.05) is 4.90 Å². The zero-order valence-corrected chi connectivity index (χ0v) is 22.3. The summed E-state index contributed by atoms with van der Waals surface area (Å²) in [5.74, 6) is 0.124. The second-order valence-electron chi connectivity index (χ2n) is 10.8. The van der Waals surface area contributed by atoms with Crippen LogP contribution >= 0.6 is 0 Å². The highest BCUT2D eigenvalue weighted by atomic mass is 16.6. The molecule has 39 heavy (non-hydrogen) atoms. The fraction of sp³-hybridized carbons (Fsp3) is 0.615. The Hall–Kier alpha value is -3.74. The number of piperazine rings is 1. The monoisotopic (exact) mass is 541 g/mol. The fourth-order valence-electron chi connectivity index (χ4n) is 5.89. The number of likely N-dealkylation sites (tertiary alicyclic amines) is 1. The molecule has 3 fully saturated rings. The van der Waals surface area contributed by atoms with Gasteiger partial charge in [-0.05, 0) is 50.2 Å². The Morgan fingerprint density at radius 2 is 1.49 bits per heavy atom. The molecule has 2 saturated heterocycles. The molecule has 212 valence electrons. The highest BCUT2D eigenvalue weighted by Crippen LogP contribution is 2.30. The number of non-ortho nitro benzene ring substituents is 1. The van der Waals surface area contributed by atoms with Crippen LogP contribution in [-0.2, 0) is 11.3 Å². The Balaban J connectivity index is 1.35. The van der Waals surface area contributed by atoms with Crippen molar-refractivity contribution in [1.82, 2.24) is 14.7 Å².